The van der Waals surface area contributed by atoms with Gasteiger partial charge < -0.3 is 4.74 Å². The van der Waals surface area contributed by atoms with Crippen molar-refractivity contribution in [1.29, 1.82) is 0 Å². The van der Waals surface area contributed by atoms with E-state index in [9.17, 15) is 13.2 Å². The van der Waals surface area contributed by atoms with Gasteiger partial charge in [0.15, 0.2) is 0 Å². The van der Waals surface area contributed by atoms with Crippen LogP contribution in [0, 0.1) is 17.8 Å². The quantitative estimate of drug-likeness (QED) is 0.600. The van der Waals surface area contributed by atoms with Crippen molar-refractivity contribution in [2.24, 2.45) is 17.8 Å². The fourth-order valence-corrected chi connectivity index (χ4v) is 4.04. The normalized spacial score (nSPS) is 27.9. The van der Waals surface area contributed by atoms with Gasteiger partial charge in [-0.3, -0.25) is 4.18 Å². The topological polar surface area (TPSA) is 69.7 Å². The van der Waals surface area contributed by atoms with E-state index < -0.39 is 28.3 Å². The average molecular weight is 354 g/mol. The van der Waals surface area contributed by atoms with Gasteiger partial charge in [-0.1, -0.05) is 39.0 Å². The highest BCUT2D eigenvalue weighted by atomic mass is 32.2. The summed E-state index contributed by atoms with van der Waals surface area (Å²) in [6, 6.07) is 8.73. The average Bonchev–Trinajstić information content (AvgIpc) is 2.50. The second kappa shape index (κ2) is 7.66. The molecular formula is C18H26O5S. The molecule has 0 aliphatic heterocycles. The fourth-order valence-electron chi connectivity index (χ4n) is 3.34. The van der Waals surface area contributed by atoms with E-state index >= 15 is 0 Å². The summed E-state index contributed by atoms with van der Waals surface area (Å²) >= 11 is 0. The Morgan fingerprint density at radius 1 is 1.12 bits per heavy atom. The van der Waals surface area contributed by atoms with Gasteiger partial charge in [-0.05, 0) is 36.8 Å². The van der Waals surface area contributed by atoms with E-state index in [2.05, 4.69) is 13.8 Å². The minimum absolute atomic E-state index is 0.00305. The SMILES string of the molecule is CC(C)[C@@H]1CC[C@@H](C)[C@@H](OS(C)(=O)=O)[C@H]1OC(=O)c1ccccc1. The van der Waals surface area contributed by atoms with Gasteiger partial charge in [0, 0.05) is 5.92 Å². The van der Waals surface area contributed by atoms with Crippen molar-refractivity contribution in [3.05, 3.63) is 35.9 Å². The van der Waals surface area contributed by atoms with Gasteiger partial charge in [0.05, 0.1) is 11.8 Å². The van der Waals surface area contributed by atoms with E-state index in [0.717, 1.165) is 19.1 Å². The van der Waals surface area contributed by atoms with Crippen LogP contribution >= 0.6 is 0 Å². The molecule has 2 rings (SSSR count). The lowest BCUT2D eigenvalue weighted by Gasteiger charge is -2.41. The monoisotopic (exact) mass is 354 g/mol. The number of ether oxygens (including phenoxy) is 1. The van der Waals surface area contributed by atoms with Crippen molar-refractivity contribution in [3.8, 4) is 0 Å². The summed E-state index contributed by atoms with van der Waals surface area (Å²) in [5, 5.41) is 0. The van der Waals surface area contributed by atoms with Crippen molar-refractivity contribution < 1.29 is 22.1 Å². The molecule has 1 saturated carbocycles. The number of benzene rings is 1. The minimum Gasteiger partial charge on any atom is -0.456 e. The van der Waals surface area contributed by atoms with Crippen LogP contribution in [0.25, 0.3) is 0 Å². The predicted molar refractivity (Wildman–Crippen MR) is 92.1 cm³/mol. The number of hydrogen-bond acceptors (Lipinski definition) is 5. The molecule has 0 saturated heterocycles. The van der Waals surface area contributed by atoms with Gasteiger partial charge in [0.2, 0.25) is 0 Å². The van der Waals surface area contributed by atoms with Crippen LogP contribution in [0.1, 0.15) is 44.0 Å². The number of carbonyl (C=O) groups is 1. The molecule has 0 bridgehead atoms. The Kier molecular flexibility index (Phi) is 6.04. The summed E-state index contributed by atoms with van der Waals surface area (Å²) in [6.07, 6.45) is 1.55. The number of rotatable bonds is 5. The van der Waals surface area contributed by atoms with Crippen molar-refractivity contribution in [2.75, 3.05) is 6.26 Å². The molecule has 1 aliphatic carbocycles. The van der Waals surface area contributed by atoms with Crippen LogP contribution in [-0.2, 0) is 19.0 Å². The lowest BCUT2D eigenvalue weighted by Crippen LogP contribution is -2.49. The summed E-state index contributed by atoms with van der Waals surface area (Å²) in [5.41, 5.74) is 0.455. The van der Waals surface area contributed by atoms with E-state index in [4.69, 9.17) is 8.92 Å². The van der Waals surface area contributed by atoms with E-state index in [1.165, 1.54) is 0 Å². The van der Waals surface area contributed by atoms with Gasteiger partial charge in [-0.25, -0.2) is 4.79 Å². The Morgan fingerprint density at radius 2 is 1.75 bits per heavy atom. The summed E-state index contributed by atoms with van der Waals surface area (Å²) < 4.78 is 34.4. The number of esters is 1. The molecule has 0 amide bonds. The smallest absolute Gasteiger partial charge is 0.338 e. The van der Waals surface area contributed by atoms with E-state index in [0.29, 0.717) is 5.56 Å². The van der Waals surface area contributed by atoms with Gasteiger partial charge in [-0.15, -0.1) is 0 Å². The number of hydrogen-bond donors (Lipinski definition) is 0. The van der Waals surface area contributed by atoms with E-state index in [-0.39, 0.29) is 17.8 Å². The molecule has 4 atom stereocenters. The maximum Gasteiger partial charge on any atom is 0.338 e. The molecule has 0 spiro atoms. The molecule has 0 heterocycles. The molecule has 1 fully saturated rings. The Hall–Kier alpha value is -1.40. The summed E-state index contributed by atoms with van der Waals surface area (Å²) in [5.74, 6) is -0.108. The molecule has 134 valence electrons. The van der Waals surface area contributed by atoms with E-state index in [1.807, 2.05) is 13.0 Å². The number of carbonyl (C=O) groups excluding carboxylic acids is 1. The highest BCUT2D eigenvalue weighted by molar-refractivity contribution is 7.86. The molecular weight excluding hydrogens is 328 g/mol. The third-order valence-electron chi connectivity index (χ3n) is 4.66. The molecule has 0 radical (unpaired) electrons. The van der Waals surface area contributed by atoms with Crippen LogP contribution in [0.2, 0.25) is 0 Å². The maximum absolute atomic E-state index is 12.5. The first-order valence-corrected chi connectivity index (χ1v) is 10.1. The molecule has 1 aliphatic rings. The molecule has 6 heteroatoms. The van der Waals surface area contributed by atoms with Crippen LogP contribution < -0.4 is 0 Å². The molecule has 24 heavy (non-hydrogen) atoms. The third kappa shape index (κ3) is 4.80. The Balaban J connectivity index is 2.27. The van der Waals surface area contributed by atoms with Crippen LogP contribution in [-0.4, -0.2) is 32.9 Å². The maximum atomic E-state index is 12.5. The van der Waals surface area contributed by atoms with Crippen molar-refractivity contribution in [2.45, 2.75) is 45.8 Å². The Labute approximate surface area is 144 Å². The zero-order valence-corrected chi connectivity index (χ0v) is 15.5. The highest BCUT2D eigenvalue weighted by Crippen LogP contribution is 2.38. The van der Waals surface area contributed by atoms with Crippen LogP contribution in [0.4, 0.5) is 0 Å². The molecule has 0 unspecified atom stereocenters. The lowest BCUT2D eigenvalue weighted by molar-refractivity contribution is -0.0811. The summed E-state index contributed by atoms with van der Waals surface area (Å²) in [4.78, 5) is 12.5. The van der Waals surface area contributed by atoms with Gasteiger partial charge in [0.1, 0.15) is 12.2 Å². The first-order valence-electron chi connectivity index (χ1n) is 8.33. The molecule has 1 aromatic carbocycles. The zero-order valence-electron chi connectivity index (χ0n) is 14.6. The largest absolute Gasteiger partial charge is 0.456 e. The minimum atomic E-state index is -3.63. The standard InChI is InChI=1S/C18H26O5S/c1-12(2)15-11-10-13(3)16(23-24(4,20)21)17(15)22-18(19)14-8-6-5-7-9-14/h5-9,12-13,15-17H,10-11H2,1-4H3/t13-,15+,16-,17+/m1/s1. The van der Waals surface area contributed by atoms with Gasteiger partial charge >= 0.3 is 5.97 Å². The van der Waals surface area contributed by atoms with E-state index in [1.54, 1.807) is 24.3 Å². The van der Waals surface area contributed by atoms with Gasteiger partial charge in [0.25, 0.3) is 10.1 Å². The summed E-state index contributed by atoms with van der Waals surface area (Å²) in [7, 11) is -3.63. The van der Waals surface area contributed by atoms with Crippen LogP contribution in [0.3, 0.4) is 0 Å². The fraction of sp³-hybridized carbons (Fsp3) is 0.611. The predicted octanol–water partition coefficient (Wildman–Crippen LogP) is 3.26. The molecule has 0 N–H and O–H groups in total. The Bertz CT molecular complexity index is 653. The third-order valence-corrected chi connectivity index (χ3v) is 5.23. The van der Waals surface area contributed by atoms with Crippen molar-refractivity contribution >= 4 is 16.1 Å². The first kappa shape index (κ1) is 18.9. The van der Waals surface area contributed by atoms with Crippen molar-refractivity contribution in [3.63, 3.8) is 0 Å². The van der Waals surface area contributed by atoms with Crippen LogP contribution in [0.15, 0.2) is 30.3 Å². The molecule has 5 nitrogen and oxygen atoms in total. The van der Waals surface area contributed by atoms with Gasteiger partial charge in [-0.2, -0.15) is 8.42 Å². The van der Waals surface area contributed by atoms with Crippen molar-refractivity contribution in [1.82, 2.24) is 0 Å². The molecule has 0 aromatic heterocycles. The second-order valence-corrected chi connectivity index (χ2v) is 8.56. The van der Waals surface area contributed by atoms with Crippen LogP contribution in [0.5, 0.6) is 0 Å². The highest BCUT2D eigenvalue weighted by Gasteiger charge is 2.43. The second-order valence-electron chi connectivity index (χ2n) is 6.96. The molecule has 1 aromatic rings. The zero-order chi connectivity index (χ0) is 17.9. The first-order chi connectivity index (χ1) is 11.2. The Morgan fingerprint density at radius 3 is 2.29 bits per heavy atom. The summed E-state index contributed by atoms with van der Waals surface area (Å²) in [6.45, 7) is 6.05. The lowest BCUT2D eigenvalue weighted by atomic mass is 9.73.